The standard InChI is InChI=1S/C18H19BrN4O2/c1-11(24)13-6-3-9-20-18(13)25-15-8-7-14-17(16(15)19)21-22-23(14)10-12-4-2-5-12/h3,7-9,12-13H,2,4-6,10H2,1H3. The minimum absolute atomic E-state index is 0.0479. The molecule has 1 aromatic carbocycles. The van der Waals surface area contributed by atoms with Crippen LogP contribution in [-0.4, -0.2) is 26.7 Å². The summed E-state index contributed by atoms with van der Waals surface area (Å²) in [6, 6.07) is 3.85. The summed E-state index contributed by atoms with van der Waals surface area (Å²) in [6.07, 6.45) is 8.02. The molecular formula is C18H19BrN4O2. The van der Waals surface area contributed by atoms with Gasteiger partial charge in [-0.3, -0.25) is 4.79 Å². The van der Waals surface area contributed by atoms with E-state index in [-0.39, 0.29) is 11.7 Å². The molecule has 0 saturated heterocycles. The van der Waals surface area contributed by atoms with Crippen molar-refractivity contribution in [1.82, 2.24) is 15.0 Å². The first-order chi connectivity index (χ1) is 12.1. The highest BCUT2D eigenvalue weighted by Gasteiger charge is 2.26. The first-order valence-electron chi connectivity index (χ1n) is 8.56. The number of nitrogens with zero attached hydrogens (tertiary/aromatic N) is 4. The molecule has 1 atom stereocenters. The molecule has 0 spiro atoms. The number of aliphatic imine (C=N–C) groups is 1. The summed E-state index contributed by atoms with van der Waals surface area (Å²) < 4.78 is 8.65. The maximum atomic E-state index is 11.8. The second-order valence-corrected chi connectivity index (χ2v) is 7.46. The first kappa shape index (κ1) is 16.4. The maximum absolute atomic E-state index is 11.8. The van der Waals surface area contributed by atoms with Crippen LogP contribution in [0.2, 0.25) is 0 Å². The van der Waals surface area contributed by atoms with Crippen molar-refractivity contribution in [3.63, 3.8) is 0 Å². The molecule has 6 nitrogen and oxygen atoms in total. The number of Topliss-reactive ketones (excluding diaryl/α,β-unsaturated/α-hetero) is 1. The predicted octanol–water partition coefficient (Wildman–Crippen LogP) is 3.89. The van der Waals surface area contributed by atoms with E-state index in [0.29, 0.717) is 24.0 Å². The number of rotatable bonds is 4. The Morgan fingerprint density at radius 1 is 1.40 bits per heavy atom. The van der Waals surface area contributed by atoms with E-state index in [4.69, 9.17) is 4.74 Å². The van der Waals surface area contributed by atoms with Crippen LogP contribution < -0.4 is 4.74 Å². The van der Waals surface area contributed by atoms with E-state index in [1.165, 1.54) is 19.3 Å². The fraction of sp³-hybridized carbons (Fsp3) is 0.444. The number of carbonyl (C=O) groups is 1. The number of hydrogen-bond acceptors (Lipinski definition) is 5. The predicted molar refractivity (Wildman–Crippen MR) is 98.6 cm³/mol. The molecule has 1 unspecified atom stereocenters. The van der Waals surface area contributed by atoms with Crippen LogP contribution in [0, 0.1) is 11.8 Å². The fourth-order valence-electron chi connectivity index (χ4n) is 3.18. The Morgan fingerprint density at radius 2 is 2.24 bits per heavy atom. The summed E-state index contributed by atoms with van der Waals surface area (Å²) in [6.45, 7) is 2.47. The minimum Gasteiger partial charge on any atom is -0.441 e. The molecule has 0 bridgehead atoms. The quantitative estimate of drug-likeness (QED) is 0.777. The zero-order chi connectivity index (χ0) is 17.4. The molecule has 130 valence electrons. The molecule has 25 heavy (non-hydrogen) atoms. The average molecular weight is 403 g/mol. The zero-order valence-electron chi connectivity index (χ0n) is 14.0. The van der Waals surface area contributed by atoms with Gasteiger partial charge in [-0.05, 0) is 60.2 Å². The van der Waals surface area contributed by atoms with E-state index < -0.39 is 0 Å². The van der Waals surface area contributed by atoms with E-state index in [9.17, 15) is 4.79 Å². The number of halogens is 1. The van der Waals surface area contributed by atoms with Crippen LogP contribution in [0.15, 0.2) is 33.9 Å². The molecule has 2 aliphatic rings. The number of fused-ring (bicyclic) bond motifs is 1. The molecule has 0 amide bonds. The molecule has 0 radical (unpaired) electrons. The largest absolute Gasteiger partial charge is 0.441 e. The molecule has 1 aliphatic carbocycles. The summed E-state index contributed by atoms with van der Waals surface area (Å²) in [7, 11) is 0. The third-order valence-electron chi connectivity index (χ3n) is 4.93. The van der Waals surface area contributed by atoms with E-state index in [2.05, 4.69) is 31.2 Å². The van der Waals surface area contributed by atoms with E-state index in [1.54, 1.807) is 13.1 Å². The van der Waals surface area contributed by atoms with Gasteiger partial charge in [-0.1, -0.05) is 17.7 Å². The Morgan fingerprint density at radius 3 is 2.96 bits per heavy atom. The summed E-state index contributed by atoms with van der Waals surface area (Å²) in [5.74, 6) is 1.45. The number of ether oxygens (including phenoxy) is 1. The monoisotopic (exact) mass is 402 g/mol. The lowest BCUT2D eigenvalue weighted by Gasteiger charge is -2.24. The molecule has 0 N–H and O–H groups in total. The topological polar surface area (TPSA) is 69.4 Å². The van der Waals surface area contributed by atoms with Gasteiger partial charge in [0.2, 0.25) is 5.90 Å². The maximum Gasteiger partial charge on any atom is 0.205 e. The van der Waals surface area contributed by atoms with Gasteiger partial charge in [0.25, 0.3) is 0 Å². The number of aromatic nitrogens is 3. The molecule has 1 saturated carbocycles. The van der Waals surface area contributed by atoms with E-state index in [0.717, 1.165) is 22.1 Å². The molecule has 1 fully saturated rings. The number of benzene rings is 1. The zero-order valence-corrected chi connectivity index (χ0v) is 15.6. The van der Waals surface area contributed by atoms with Crippen molar-refractivity contribution in [2.75, 3.05) is 0 Å². The molecule has 2 heterocycles. The Bertz CT molecular complexity index is 883. The van der Waals surface area contributed by atoms with Crippen molar-refractivity contribution in [3.8, 4) is 5.75 Å². The Labute approximate surface area is 154 Å². The Balaban J connectivity index is 1.62. The van der Waals surface area contributed by atoms with Crippen molar-refractivity contribution in [2.45, 2.75) is 39.2 Å². The lowest BCUT2D eigenvalue weighted by atomic mass is 9.85. The first-order valence-corrected chi connectivity index (χ1v) is 9.35. The highest BCUT2D eigenvalue weighted by Crippen LogP contribution is 2.34. The van der Waals surface area contributed by atoms with Gasteiger partial charge in [0.15, 0.2) is 0 Å². The van der Waals surface area contributed by atoms with Crippen molar-refractivity contribution in [2.24, 2.45) is 16.8 Å². The smallest absolute Gasteiger partial charge is 0.205 e. The van der Waals surface area contributed by atoms with Gasteiger partial charge >= 0.3 is 0 Å². The van der Waals surface area contributed by atoms with Crippen molar-refractivity contribution in [1.29, 1.82) is 0 Å². The van der Waals surface area contributed by atoms with Crippen LogP contribution in [0.25, 0.3) is 11.0 Å². The van der Waals surface area contributed by atoms with Crippen LogP contribution in [0.4, 0.5) is 0 Å². The van der Waals surface area contributed by atoms with Gasteiger partial charge in [-0.2, -0.15) is 0 Å². The van der Waals surface area contributed by atoms with Crippen LogP contribution in [0.5, 0.6) is 5.75 Å². The van der Waals surface area contributed by atoms with E-state index in [1.807, 2.05) is 22.9 Å². The summed E-state index contributed by atoms with van der Waals surface area (Å²) >= 11 is 3.58. The molecule has 1 aliphatic heterocycles. The van der Waals surface area contributed by atoms with Crippen LogP contribution in [-0.2, 0) is 11.3 Å². The highest BCUT2D eigenvalue weighted by atomic mass is 79.9. The van der Waals surface area contributed by atoms with Crippen LogP contribution in [0.3, 0.4) is 0 Å². The lowest BCUT2D eigenvalue weighted by molar-refractivity contribution is -0.119. The van der Waals surface area contributed by atoms with Crippen molar-refractivity contribution < 1.29 is 9.53 Å². The second-order valence-electron chi connectivity index (χ2n) is 6.67. The third kappa shape index (κ3) is 3.13. The number of allylic oxidation sites excluding steroid dienone is 1. The van der Waals surface area contributed by atoms with Gasteiger partial charge in [0.05, 0.1) is 15.9 Å². The van der Waals surface area contributed by atoms with E-state index >= 15 is 0 Å². The summed E-state index contributed by atoms with van der Waals surface area (Å²) in [4.78, 5) is 16.0. The number of hydrogen-bond donors (Lipinski definition) is 0. The average Bonchev–Trinajstić information content (AvgIpc) is 2.97. The van der Waals surface area contributed by atoms with Gasteiger partial charge in [0.1, 0.15) is 17.0 Å². The van der Waals surface area contributed by atoms with Gasteiger partial charge < -0.3 is 4.74 Å². The number of carbonyl (C=O) groups excluding carboxylic acids is 1. The third-order valence-corrected chi connectivity index (χ3v) is 5.69. The summed E-state index contributed by atoms with van der Waals surface area (Å²) in [5, 5.41) is 8.60. The minimum atomic E-state index is -0.332. The number of ketones is 1. The Kier molecular flexibility index (Phi) is 4.41. The normalized spacial score (nSPS) is 20.4. The van der Waals surface area contributed by atoms with Gasteiger partial charge in [-0.15, -0.1) is 5.10 Å². The molecule has 4 rings (SSSR count). The molecule has 1 aromatic heterocycles. The Hall–Kier alpha value is -2.02. The van der Waals surface area contributed by atoms with Gasteiger partial charge in [0, 0.05) is 12.7 Å². The second kappa shape index (κ2) is 6.71. The van der Waals surface area contributed by atoms with Crippen LogP contribution >= 0.6 is 15.9 Å². The SMILES string of the molecule is CC(=O)C1CC=CN=C1Oc1ccc2c(nnn2CC2CCC2)c1Br. The highest BCUT2D eigenvalue weighted by molar-refractivity contribution is 9.10. The molecule has 7 heteroatoms. The van der Waals surface area contributed by atoms with Crippen molar-refractivity contribution >= 4 is 38.6 Å². The van der Waals surface area contributed by atoms with Crippen LogP contribution in [0.1, 0.15) is 32.6 Å². The summed E-state index contributed by atoms with van der Waals surface area (Å²) in [5.41, 5.74) is 1.75. The lowest BCUT2D eigenvalue weighted by Crippen LogP contribution is -2.27. The molecular weight excluding hydrogens is 384 g/mol. The van der Waals surface area contributed by atoms with Crippen molar-refractivity contribution in [3.05, 3.63) is 28.9 Å². The van der Waals surface area contributed by atoms with Gasteiger partial charge in [-0.25, -0.2) is 9.67 Å². The molecule has 2 aromatic rings. The fourth-order valence-corrected chi connectivity index (χ4v) is 3.68.